The van der Waals surface area contributed by atoms with Gasteiger partial charge < -0.3 is 9.64 Å². The predicted molar refractivity (Wildman–Crippen MR) is 85.7 cm³/mol. The molecule has 0 atom stereocenters. The van der Waals surface area contributed by atoms with Crippen molar-refractivity contribution in [3.63, 3.8) is 0 Å². The van der Waals surface area contributed by atoms with Crippen LogP contribution in [0.2, 0.25) is 0 Å². The second-order valence-electron chi connectivity index (χ2n) is 4.64. The van der Waals surface area contributed by atoms with Crippen LogP contribution in [0.4, 0.5) is 11.8 Å². The van der Waals surface area contributed by atoms with Crippen molar-refractivity contribution >= 4 is 18.0 Å². The van der Waals surface area contributed by atoms with E-state index in [1.54, 1.807) is 12.4 Å². The van der Waals surface area contributed by atoms with Crippen molar-refractivity contribution in [3.05, 3.63) is 36.1 Å². The summed E-state index contributed by atoms with van der Waals surface area (Å²) in [4.78, 5) is 10.8. The van der Waals surface area contributed by atoms with Gasteiger partial charge in [-0.25, -0.2) is 10.4 Å². The van der Waals surface area contributed by atoms with Gasteiger partial charge >= 0.3 is 0 Å². The maximum atomic E-state index is 5.34. The number of nitrogens with one attached hydrogen (secondary N) is 1. The third kappa shape index (κ3) is 5.00. The SMILES string of the molecule is C\C=C/C=C(C)/C=N/Nc1nccc(N2CCOCC2)n1. The Kier molecular flexibility index (Phi) is 5.90. The summed E-state index contributed by atoms with van der Waals surface area (Å²) in [6.07, 6.45) is 9.40. The van der Waals surface area contributed by atoms with Gasteiger partial charge in [0.15, 0.2) is 0 Å². The molecule has 0 spiro atoms. The number of hydrazone groups is 1. The molecule has 0 aromatic carbocycles. The first kappa shape index (κ1) is 15.2. The maximum Gasteiger partial charge on any atom is 0.245 e. The molecule has 2 heterocycles. The Hall–Kier alpha value is -2.21. The lowest BCUT2D eigenvalue weighted by Crippen LogP contribution is -2.36. The molecule has 21 heavy (non-hydrogen) atoms. The molecule has 112 valence electrons. The Balaban J connectivity index is 1.96. The van der Waals surface area contributed by atoms with Crippen molar-refractivity contribution in [2.45, 2.75) is 13.8 Å². The van der Waals surface area contributed by atoms with Crippen molar-refractivity contribution in [1.82, 2.24) is 9.97 Å². The molecule has 1 aliphatic heterocycles. The Morgan fingerprint density at radius 1 is 1.43 bits per heavy atom. The Bertz CT molecular complexity index is 533. The molecule has 6 nitrogen and oxygen atoms in total. The zero-order chi connectivity index (χ0) is 14.9. The van der Waals surface area contributed by atoms with Gasteiger partial charge in [0.25, 0.3) is 0 Å². The maximum absolute atomic E-state index is 5.34. The largest absolute Gasteiger partial charge is 0.378 e. The van der Waals surface area contributed by atoms with Crippen molar-refractivity contribution in [3.8, 4) is 0 Å². The van der Waals surface area contributed by atoms with Crippen LogP contribution in [0, 0.1) is 0 Å². The van der Waals surface area contributed by atoms with Crippen LogP contribution in [0.5, 0.6) is 0 Å². The molecule has 2 rings (SSSR count). The van der Waals surface area contributed by atoms with Gasteiger partial charge in [0, 0.05) is 19.3 Å². The van der Waals surface area contributed by atoms with E-state index in [2.05, 4.69) is 25.4 Å². The molecule has 6 heteroatoms. The number of ether oxygens (including phenoxy) is 1. The molecule has 1 aromatic heterocycles. The number of allylic oxidation sites excluding steroid dienone is 4. The highest BCUT2D eigenvalue weighted by atomic mass is 16.5. The molecule has 0 aliphatic carbocycles. The highest BCUT2D eigenvalue weighted by Crippen LogP contribution is 2.13. The fraction of sp³-hybridized carbons (Fsp3) is 0.400. The molecule has 1 aliphatic rings. The summed E-state index contributed by atoms with van der Waals surface area (Å²) in [5, 5.41) is 4.14. The molecular formula is C15H21N5O. The smallest absolute Gasteiger partial charge is 0.245 e. The Labute approximate surface area is 125 Å². The van der Waals surface area contributed by atoms with Gasteiger partial charge in [0.2, 0.25) is 5.95 Å². The van der Waals surface area contributed by atoms with Crippen LogP contribution in [0.25, 0.3) is 0 Å². The Morgan fingerprint density at radius 2 is 2.24 bits per heavy atom. The average Bonchev–Trinajstić information content (AvgIpc) is 2.54. The summed E-state index contributed by atoms with van der Waals surface area (Å²) in [5.41, 5.74) is 3.90. The van der Waals surface area contributed by atoms with Crippen molar-refractivity contribution in [2.75, 3.05) is 36.6 Å². The molecule has 1 aromatic rings. The first-order valence-electron chi connectivity index (χ1n) is 7.04. The normalized spacial score (nSPS) is 16.9. The quantitative estimate of drug-likeness (QED) is 0.511. The lowest BCUT2D eigenvalue weighted by atomic mass is 10.3. The monoisotopic (exact) mass is 287 g/mol. The Morgan fingerprint density at radius 3 is 3.00 bits per heavy atom. The van der Waals surface area contributed by atoms with Gasteiger partial charge in [0.05, 0.1) is 19.4 Å². The summed E-state index contributed by atoms with van der Waals surface area (Å²) in [6.45, 7) is 7.13. The number of hydrogen-bond acceptors (Lipinski definition) is 6. The van der Waals surface area contributed by atoms with Gasteiger partial charge in [-0.15, -0.1) is 0 Å². The predicted octanol–water partition coefficient (Wildman–Crippen LogP) is 2.23. The fourth-order valence-electron chi connectivity index (χ4n) is 1.85. The van der Waals surface area contributed by atoms with Gasteiger partial charge in [-0.2, -0.15) is 10.1 Å². The van der Waals surface area contributed by atoms with Crippen LogP contribution in [-0.2, 0) is 4.74 Å². The van der Waals surface area contributed by atoms with E-state index >= 15 is 0 Å². The first-order valence-corrected chi connectivity index (χ1v) is 7.04. The summed E-state index contributed by atoms with van der Waals surface area (Å²) in [7, 11) is 0. The van der Waals surface area contributed by atoms with E-state index in [9.17, 15) is 0 Å². The van der Waals surface area contributed by atoms with Crippen molar-refractivity contribution in [2.24, 2.45) is 5.10 Å². The summed E-state index contributed by atoms with van der Waals surface area (Å²) >= 11 is 0. The topological polar surface area (TPSA) is 62.6 Å². The van der Waals surface area contributed by atoms with Gasteiger partial charge in [-0.3, -0.25) is 0 Å². The molecule has 0 unspecified atom stereocenters. The molecule has 1 fully saturated rings. The molecule has 1 N–H and O–H groups in total. The van der Waals surface area contributed by atoms with E-state index in [1.165, 1.54) is 0 Å². The van der Waals surface area contributed by atoms with E-state index in [0.717, 1.165) is 37.7 Å². The van der Waals surface area contributed by atoms with Crippen LogP contribution in [0.1, 0.15) is 13.8 Å². The van der Waals surface area contributed by atoms with Crippen molar-refractivity contribution < 1.29 is 4.74 Å². The van der Waals surface area contributed by atoms with E-state index in [-0.39, 0.29) is 0 Å². The minimum atomic E-state index is 0.495. The number of hydrogen-bond donors (Lipinski definition) is 1. The van der Waals surface area contributed by atoms with Gasteiger partial charge in [-0.1, -0.05) is 18.2 Å². The first-order chi connectivity index (χ1) is 10.3. The number of morpholine rings is 1. The molecule has 0 amide bonds. The standard InChI is InChI=1S/C15H21N5O/c1-3-4-5-13(2)12-17-19-15-16-7-6-14(18-15)20-8-10-21-11-9-20/h3-7,12H,8-11H2,1-2H3,(H,16,18,19)/b4-3-,13-5+,17-12+. The van der Waals surface area contributed by atoms with E-state index < -0.39 is 0 Å². The third-order valence-electron chi connectivity index (χ3n) is 2.96. The highest BCUT2D eigenvalue weighted by Gasteiger charge is 2.12. The lowest BCUT2D eigenvalue weighted by molar-refractivity contribution is 0.122. The van der Waals surface area contributed by atoms with E-state index in [4.69, 9.17) is 4.74 Å². The molecule has 1 saturated heterocycles. The summed E-state index contributed by atoms with van der Waals surface area (Å²) < 4.78 is 5.34. The summed E-state index contributed by atoms with van der Waals surface area (Å²) in [5.74, 6) is 1.39. The van der Waals surface area contributed by atoms with Crippen LogP contribution < -0.4 is 10.3 Å². The van der Waals surface area contributed by atoms with Gasteiger partial charge in [0.1, 0.15) is 5.82 Å². The van der Waals surface area contributed by atoms with Crippen LogP contribution in [-0.4, -0.2) is 42.5 Å². The molecular weight excluding hydrogens is 266 g/mol. The van der Waals surface area contributed by atoms with Crippen LogP contribution >= 0.6 is 0 Å². The van der Waals surface area contributed by atoms with Crippen molar-refractivity contribution in [1.29, 1.82) is 0 Å². The molecule has 0 radical (unpaired) electrons. The highest BCUT2D eigenvalue weighted by molar-refractivity contribution is 5.78. The van der Waals surface area contributed by atoms with E-state index in [1.807, 2.05) is 38.1 Å². The third-order valence-corrected chi connectivity index (χ3v) is 2.96. The van der Waals surface area contributed by atoms with Gasteiger partial charge in [-0.05, 0) is 25.5 Å². The molecule has 0 bridgehead atoms. The number of aromatic nitrogens is 2. The second kappa shape index (κ2) is 8.16. The van der Waals surface area contributed by atoms with Crippen LogP contribution in [0.3, 0.4) is 0 Å². The fourth-order valence-corrected chi connectivity index (χ4v) is 1.85. The second-order valence-corrected chi connectivity index (χ2v) is 4.64. The number of nitrogens with zero attached hydrogens (tertiary/aromatic N) is 4. The number of rotatable bonds is 5. The summed E-state index contributed by atoms with van der Waals surface area (Å²) in [6, 6.07) is 1.90. The zero-order valence-corrected chi connectivity index (χ0v) is 12.5. The number of anilines is 2. The minimum absolute atomic E-state index is 0.495. The van der Waals surface area contributed by atoms with Crippen LogP contribution in [0.15, 0.2) is 41.2 Å². The lowest BCUT2D eigenvalue weighted by Gasteiger charge is -2.27. The minimum Gasteiger partial charge on any atom is -0.378 e. The van der Waals surface area contributed by atoms with E-state index in [0.29, 0.717) is 5.95 Å². The average molecular weight is 287 g/mol. The molecule has 0 saturated carbocycles. The zero-order valence-electron chi connectivity index (χ0n) is 12.5.